The Morgan fingerprint density at radius 2 is 1.69 bits per heavy atom. The number of aliphatic hydroxyl groups excluding tert-OH is 3. The summed E-state index contributed by atoms with van der Waals surface area (Å²) < 4.78 is 47.1. The molecule has 0 spiro atoms. The summed E-state index contributed by atoms with van der Waals surface area (Å²) in [6.07, 6.45) is 1.42. The number of ether oxygens (including phenoxy) is 6. The Balaban J connectivity index is 0.990. The average Bonchev–Trinajstić information content (AvgIpc) is 2.44. The zero-order valence-electron chi connectivity index (χ0n) is 52.4. The molecule has 4 aromatic heterocycles. The molecule has 0 radical (unpaired) electrons. The van der Waals surface area contributed by atoms with Crippen molar-refractivity contribution in [3.05, 3.63) is 41.9 Å². The van der Waals surface area contributed by atoms with Crippen LogP contribution in [-0.2, 0) is 38.0 Å². The molecule has 472 valence electrons. The molecule has 3 aliphatic heterocycles. The van der Waals surface area contributed by atoms with Gasteiger partial charge in [-0.3, -0.25) is 9.59 Å². The molecule has 0 bridgehead atoms. The zero-order chi connectivity index (χ0) is 62.0. The number of nitrogens with zero attached hydrogens (tertiary/aromatic N) is 7. The number of pyridine rings is 1. The van der Waals surface area contributed by atoms with Gasteiger partial charge in [0, 0.05) is 75.4 Å². The summed E-state index contributed by atoms with van der Waals surface area (Å²) in [6, 6.07) is 6.79. The lowest BCUT2D eigenvalue weighted by Gasteiger charge is -2.49. The number of nitrogens with one attached hydrogen (secondary N) is 1. The summed E-state index contributed by atoms with van der Waals surface area (Å²) in [5.41, 5.74) is -2.18. The number of aromatic nitrogens is 4. The maximum Gasteiger partial charge on any atom is 0.311 e. The van der Waals surface area contributed by atoms with E-state index in [0.29, 0.717) is 43.3 Å². The third-order valence-electron chi connectivity index (χ3n) is 19.1. The largest absolute Gasteiger partial charge is 0.459 e. The average molecular weight is 1190 g/mol. The van der Waals surface area contributed by atoms with Gasteiger partial charge in [0.15, 0.2) is 24.2 Å². The van der Waals surface area contributed by atoms with Crippen LogP contribution in [0.25, 0.3) is 39.7 Å². The van der Waals surface area contributed by atoms with E-state index >= 15 is 0 Å². The monoisotopic (exact) mass is 1190 g/mol. The fourth-order valence-electron chi connectivity index (χ4n) is 14.0. The summed E-state index contributed by atoms with van der Waals surface area (Å²) in [4.78, 5) is 46.7. The van der Waals surface area contributed by atoms with Crippen LogP contribution in [-0.4, -0.2) is 210 Å². The molecule has 1 aliphatic carbocycles. The van der Waals surface area contributed by atoms with E-state index in [1.54, 1.807) is 67.8 Å². The predicted octanol–water partition coefficient (Wildman–Crippen LogP) is 6.72. The lowest BCUT2D eigenvalue weighted by molar-refractivity contribution is -0.318. The Kier molecular flexibility index (Phi) is 21.2. The van der Waals surface area contributed by atoms with Gasteiger partial charge in [-0.25, -0.2) is 9.97 Å². The van der Waals surface area contributed by atoms with Crippen molar-refractivity contribution in [2.75, 3.05) is 47.9 Å². The second-order valence-corrected chi connectivity index (χ2v) is 26.0. The number of esters is 1. The van der Waals surface area contributed by atoms with Gasteiger partial charge < -0.3 is 82.6 Å². The highest BCUT2D eigenvalue weighted by molar-refractivity contribution is 6.03. The number of aliphatic hydroxyl groups is 5. The number of furan rings is 1. The number of cyclic esters (lactones) is 1. The maximum absolute atomic E-state index is 14.6. The van der Waals surface area contributed by atoms with Crippen LogP contribution in [0, 0.1) is 29.1 Å². The van der Waals surface area contributed by atoms with E-state index in [-0.39, 0.29) is 43.3 Å². The van der Waals surface area contributed by atoms with Gasteiger partial charge in [-0.15, -0.1) is 0 Å². The van der Waals surface area contributed by atoms with Gasteiger partial charge >= 0.3 is 5.97 Å². The first-order valence-electron chi connectivity index (χ1n) is 30.7. The fraction of sp³-hybridized carbons (Fsp3) is 0.730. The minimum absolute atomic E-state index is 0.0760. The van der Waals surface area contributed by atoms with Crippen molar-refractivity contribution in [2.45, 2.75) is 230 Å². The summed E-state index contributed by atoms with van der Waals surface area (Å²) in [5.74, 6) is -1.86. The van der Waals surface area contributed by atoms with Crippen molar-refractivity contribution in [2.24, 2.45) is 17.8 Å². The van der Waals surface area contributed by atoms with E-state index in [0.717, 1.165) is 47.8 Å². The van der Waals surface area contributed by atoms with Crippen LogP contribution < -0.4 is 0 Å². The van der Waals surface area contributed by atoms with Crippen molar-refractivity contribution in [1.29, 1.82) is 5.26 Å². The third-order valence-corrected chi connectivity index (χ3v) is 19.1. The van der Waals surface area contributed by atoms with E-state index in [4.69, 9.17) is 37.8 Å². The van der Waals surface area contributed by atoms with Gasteiger partial charge in [0.1, 0.15) is 58.6 Å². The molecule has 22 nitrogen and oxygen atoms in total. The van der Waals surface area contributed by atoms with E-state index in [9.17, 15) is 40.4 Å². The number of rotatable bonds is 15. The van der Waals surface area contributed by atoms with Gasteiger partial charge in [0.25, 0.3) is 5.91 Å². The zero-order valence-corrected chi connectivity index (χ0v) is 52.4. The van der Waals surface area contributed by atoms with Crippen LogP contribution >= 0.6 is 0 Å². The summed E-state index contributed by atoms with van der Waals surface area (Å²) >= 11 is 0. The van der Waals surface area contributed by atoms with Crippen molar-refractivity contribution in [3.8, 4) is 17.7 Å². The Hall–Kier alpha value is -4.87. The highest BCUT2D eigenvalue weighted by Gasteiger charge is 2.53. The summed E-state index contributed by atoms with van der Waals surface area (Å²) in [5, 5.41) is 71.4. The highest BCUT2D eigenvalue weighted by Crippen LogP contribution is 2.42. The molecule has 0 aromatic carbocycles. The minimum atomic E-state index is -1.86. The Labute approximate surface area is 500 Å². The van der Waals surface area contributed by atoms with Gasteiger partial charge in [-0.1, -0.05) is 40.0 Å². The van der Waals surface area contributed by atoms with Crippen molar-refractivity contribution in [3.63, 3.8) is 0 Å². The molecular weight excluding hydrogens is 1090 g/mol. The Bertz CT molecular complexity index is 2960. The molecule has 7 heterocycles. The van der Waals surface area contributed by atoms with E-state index in [1.165, 1.54) is 31.4 Å². The molecule has 85 heavy (non-hydrogen) atoms. The van der Waals surface area contributed by atoms with Crippen molar-refractivity contribution >= 4 is 40.0 Å². The third kappa shape index (κ3) is 14.2. The number of methoxy groups -OCH3 is 1. The van der Waals surface area contributed by atoms with Crippen LogP contribution in [0.4, 0.5) is 0 Å². The number of hydrogen-bond acceptors (Lipinski definition) is 19. The lowest BCUT2D eigenvalue weighted by atomic mass is 9.77. The normalized spacial score (nSPS) is 36.5. The quantitative estimate of drug-likeness (QED) is 0.0409. The highest BCUT2D eigenvalue weighted by atomic mass is 16.7. The smallest absolute Gasteiger partial charge is 0.311 e. The number of carbonyl (C=O) groups is 2. The molecule has 22 heteroatoms. The van der Waals surface area contributed by atoms with Gasteiger partial charge in [0.05, 0.1) is 53.2 Å². The molecule has 1 saturated carbocycles. The first-order valence-corrected chi connectivity index (χ1v) is 30.7. The number of hydrogen-bond donors (Lipinski definition) is 6. The van der Waals surface area contributed by atoms with Crippen LogP contribution in [0.3, 0.4) is 0 Å². The molecule has 18 atom stereocenters. The van der Waals surface area contributed by atoms with Crippen molar-refractivity contribution in [1.82, 2.24) is 34.2 Å². The van der Waals surface area contributed by atoms with Crippen LogP contribution in [0.15, 0.2) is 40.6 Å². The maximum atomic E-state index is 14.6. The minimum Gasteiger partial charge on any atom is -0.459 e. The molecule has 4 fully saturated rings. The number of likely N-dealkylation sites (N-methyl/N-ethyl adjacent to an activating group) is 3. The number of imidazole rings is 1. The Morgan fingerprint density at radius 3 is 2.38 bits per heavy atom. The second kappa shape index (κ2) is 27.3. The molecular formula is C63H96N8O14. The number of H-pyrrole nitrogens is 1. The van der Waals surface area contributed by atoms with E-state index in [1.807, 2.05) is 56.1 Å². The fourth-order valence-corrected chi connectivity index (χ4v) is 14.0. The first-order chi connectivity index (χ1) is 40.1. The second-order valence-electron chi connectivity index (χ2n) is 26.0. The first kappa shape index (κ1) is 66.1. The number of fused-ring (bicyclic) bond motifs is 3. The lowest BCUT2D eigenvalue weighted by Crippen LogP contribution is -2.61. The SMILES string of the molecule is CC[C@H]1OC(=O)[C@H](C)[C@@H](O[C@H]2C[C@@](C)(OC)[C@@H](O)[C@H](C)O2)[C@H](C)[C@@H](O[C@@H]2O[C@H](C)C[C@H](N(C)CCCN(C)C(=O)/C(C#N)=C/c3ccc(-c4nc5cnc6[nH]ccc6c5n4C4CCCCC4)o3)[C@H]2O)[C@](C)(O)C[C@@H](C)CN(C)[C@H](C)[C@@H](O)[C@]1(C)O. The van der Waals surface area contributed by atoms with Crippen LogP contribution in [0.1, 0.15) is 145 Å². The Morgan fingerprint density at radius 1 is 0.976 bits per heavy atom. The molecule has 4 aliphatic rings. The predicted molar refractivity (Wildman–Crippen MR) is 318 cm³/mol. The van der Waals surface area contributed by atoms with Crippen LogP contribution in [0.5, 0.6) is 0 Å². The van der Waals surface area contributed by atoms with Crippen molar-refractivity contribution < 1.29 is 68.0 Å². The molecule has 0 unspecified atom stereocenters. The molecule has 6 N–H and O–H groups in total. The molecule has 4 aromatic rings. The molecule has 1 amide bonds. The number of amides is 1. The standard InChI is InChI=1S/C63H96N8O14/c1-15-48-63(10,78)53(73)39(6)70(13)34-35(2)30-61(8,77)55(37(4)52(38(5)59(76)83-48)84-49-31-62(9,79-14)54(74)40(7)81-49)85-60-51(72)46(28-36(3)80-60)68(11)26-19-27-69(12)58(75)41(32-64)29-43-22-23-47(82-43)57-67-45-33-66-56-44(24-25-65-56)50(45)71(57)42-20-17-16-18-21-42/h22-25,29,33,35-40,42,46,48-49,51-55,60,72-74,77-78H,15-21,26-28,30-31,34H2,1-14H3,(H,65,66)/b41-29+/t35-,36-,37+,38-,39-,40+,46+,48-,49+,51-,52+,53-,54+,55-,60+,61-,62-,63-/m1/s1. The number of aromatic amines is 1. The molecule has 8 rings (SSSR count). The number of nitriles is 1. The van der Waals surface area contributed by atoms with E-state index < -0.39 is 114 Å². The summed E-state index contributed by atoms with van der Waals surface area (Å²) in [6.45, 7) is 18.5. The van der Waals surface area contributed by atoms with E-state index in [2.05, 4.69) is 20.6 Å². The van der Waals surface area contributed by atoms with Gasteiger partial charge in [-0.05, 0) is 132 Å². The molecule has 3 saturated heterocycles. The van der Waals surface area contributed by atoms with Gasteiger partial charge in [0.2, 0.25) is 0 Å². The topological polar surface area (TPSA) is 284 Å². The van der Waals surface area contributed by atoms with Gasteiger partial charge in [-0.2, -0.15) is 5.26 Å². The summed E-state index contributed by atoms with van der Waals surface area (Å²) in [7, 11) is 6.85. The number of carbonyl (C=O) groups excluding carboxylic acids is 2. The van der Waals surface area contributed by atoms with Crippen LogP contribution in [0.2, 0.25) is 0 Å².